The minimum absolute atomic E-state index is 0.165. The van der Waals surface area contributed by atoms with Crippen molar-refractivity contribution in [1.82, 2.24) is 4.90 Å². The molecule has 1 aromatic rings. The summed E-state index contributed by atoms with van der Waals surface area (Å²) in [4.78, 5) is 2.36. The largest absolute Gasteiger partial charge is 0.573 e. The second-order valence-electron chi connectivity index (χ2n) is 5.25. The summed E-state index contributed by atoms with van der Waals surface area (Å²) in [5.41, 5.74) is 0.407. The molecule has 0 spiro atoms. The van der Waals surface area contributed by atoms with Crippen molar-refractivity contribution in [2.45, 2.75) is 38.6 Å². The van der Waals surface area contributed by atoms with E-state index in [-0.39, 0.29) is 11.8 Å². The molecule has 1 aliphatic rings. The minimum Gasteiger partial charge on any atom is -0.404 e. The molecule has 1 N–H and O–H groups in total. The number of hydrogen-bond donors (Lipinski definition) is 1. The molecular formula is C15H21F3N2O. The average molecular weight is 302 g/mol. The van der Waals surface area contributed by atoms with Crippen LogP contribution in [0.1, 0.15) is 26.2 Å². The molecule has 1 aliphatic heterocycles. The number of para-hydroxylation sites is 2. The van der Waals surface area contributed by atoms with Crippen LogP contribution in [0.4, 0.5) is 18.9 Å². The van der Waals surface area contributed by atoms with Crippen molar-refractivity contribution in [2.75, 3.05) is 25.0 Å². The van der Waals surface area contributed by atoms with Gasteiger partial charge in [-0.2, -0.15) is 0 Å². The van der Waals surface area contributed by atoms with Gasteiger partial charge in [0.05, 0.1) is 5.69 Å². The van der Waals surface area contributed by atoms with E-state index in [0.717, 1.165) is 38.9 Å². The number of likely N-dealkylation sites (tertiary alicyclic amines) is 1. The van der Waals surface area contributed by atoms with Crippen LogP contribution in [0.2, 0.25) is 0 Å². The molecule has 1 fully saturated rings. The lowest BCUT2D eigenvalue weighted by molar-refractivity contribution is -0.274. The highest BCUT2D eigenvalue weighted by atomic mass is 19.4. The number of rotatable bonds is 4. The van der Waals surface area contributed by atoms with Crippen molar-refractivity contribution in [3.05, 3.63) is 24.3 Å². The Hall–Kier alpha value is -1.43. The normalized spacial score (nSPS) is 20.9. The Morgan fingerprint density at radius 1 is 1.24 bits per heavy atom. The van der Waals surface area contributed by atoms with E-state index < -0.39 is 6.36 Å². The Morgan fingerprint density at radius 2 is 2.00 bits per heavy atom. The molecule has 0 aromatic heterocycles. The summed E-state index contributed by atoms with van der Waals surface area (Å²) in [6.45, 7) is 5.16. The molecule has 1 unspecified atom stereocenters. The molecule has 1 aromatic carbocycles. The third-order valence-corrected chi connectivity index (χ3v) is 3.74. The van der Waals surface area contributed by atoms with Crippen LogP contribution >= 0.6 is 0 Å². The van der Waals surface area contributed by atoms with Crippen molar-refractivity contribution < 1.29 is 17.9 Å². The van der Waals surface area contributed by atoms with Crippen LogP contribution in [0.15, 0.2) is 24.3 Å². The van der Waals surface area contributed by atoms with Gasteiger partial charge in [-0.25, -0.2) is 0 Å². The van der Waals surface area contributed by atoms with Crippen LogP contribution in [0, 0.1) is 0 Å². The van der Waals surface area contributed by atoms with Crippen LogP contribution in [0.5, 0.6) is 5.75 Å². The smallest absolute Gasteiger partial charge is 0.404 e. The van der Waals surface area contributed by atoms with Crippen molar-refractivity contribution in [2.24, 2.45) is 0 Å². The Labute approximate surface area is 123 Å². The zero-order valence-corrected chi connectivity index (χ0v) is 12.1. The Balaban J connectivity index is 2.02. The van der Waals surface area contributed by atoms with E-state index in [2.05, 4.69) is 21.9 Å². The van der Waals surface area contributed by atoms with E-state index in [9.17, 15) is 13.2 Å². The molecule has 0 saturated carbocycles. The average Bonchev–Trinajstić information content (AvgIpc) is 2.64. The summed E-state index contributed by atoms with van der Waals surface area (Å²) in [6, 6.07) is 6.40. The van der Waals surface area contributed by atoms with Crippen molar-refractivity contribution in [3.8, 4) is 5.75 Å². The molecule has 21 heavy (non-hydrogen) atoms. The Kier molecular flexibility index (Phi) is 5.33. The molecule has 0 aliphatic carbocycles. The first-order valence-corrected chi connectivity index (χ1v) is 7.31. The molecule has 1 saturated heterocycles. The Bertz CT molecular complexity index is 451. The van der Waals surface area contributed by atoms with Crippen LogP contribution < -0.4 is 10.1 Å². The molecule has 0 bridgehead atoms. The lowest BCUT2D eigenvalue weighted by atomic mass is 10.1. The quantitative estimate of drug-likeness (QED) is 0.913. The zero-order chi connectivity index (χ0) is 15.3. The van der Waals surface area contributed by atoms with Crippen molar-refractivity contribution >= 4 is 5.69 Å². The van der Waals surface area contributed by atoms with Gasteiger partial charge >= 0.3 is 6.36 Å². The second kappa shape index (κ2) is 7.02. The van der Waals surface area contributed by atoms with Crippen LogP contribution in [-0.4, -0.2) is 36.9 Å². The highest BCUT2D eigenvalue weighted by molar-refractivity contribution is 5.56. The van der Waals surface area contributed by atoms with Gasteiger partial charge in [-0.05, 0) is 44.5 Å². The maximum Gasteiger partial charge on any atom is 0.573 e. The molecule has 3 nitrogen and oxygen atoms in total. The SMILES string of the molecule is CCN1CCCC(Nc2ccccc2OC(F)(F)F)CC1. The Morgan fingerprint density at radius 3 is 2.71 bits per heavy atom. The van der Waals surface area contributed by atoms with E-state index in [1.54, 1.807) is 12.1 Å². The van der Waals surface area contributed by atoms with Gasteiger partial charge in [0.25, 0.3) is 0 Å². The number of ether oxygens (including phenoxy) is 1. The van der Waals surface area contributed by atoms with E-state index >= 15 is 0 Å². The first-order valence-electron chi connectivity index (χ1n) is 7.31. The third-order valence-electron chi connectivity index (χ3n) is 3.74. The van der Waals surface area contributed by atoms with Gasteiger partial charge in [-0.3, -0.25) is 0 Å². The van der Waals surface area contributed by atoms with Gasteiger partial charge in [-0.15, -0.1) is 13.2 Å². The number of nitrogens with one attached hydrogen (secondary N) is 1. The monoisotopic (exact) mass is 302 g/mol. The summed E-state index contributed by atoms with van der Waals surface area (Å²) >= 11 is 0. The van der Waals surface area contributed by atoms with Crippen molar-refractivity contribution in [3.63, 3.8) is 0 Å². The van der Waals surface area contributed by atoms with Gasteiger partial charge in [0.1, 0.15) is 0 Å². The zero-order valence-electron chi connectivity index (χ0n) is 12.1. The van der Waals surface area contributed by atoms with E-state index in [0.29, 0.717) is 5.69 Å². The first-order chi connectivity index (χ1) is 9.98. The lowest BCUT2D eigenvalue weighted by Crippen LogP contribution is -2.26. The molecule has 1 atom stereocenters. The standard InChI is InChI=1S/C15H21F3N2O/c1-2-20-10-5-6-12(9-11-20)19-13-7-3-4-8-14(13)21-15(16,17)18/h3-4,7-8,12,19H,2,5-6,9-11H2,1H3. The molecule has 0 amide bonds. The number of benzene rings is 1. The topological polar surface area (TPSA) is 24.5 Å². The van der Waals surface area contributed by atoms with Crippen LogP contribution in [-0.2, 0) is 0 Å². The van der Waals surface area contributed by atoms with Gasteiger partial charge < -0.3 is 15.0 Å². The van der Waals surface area contributed by atoms with Gasteiger partial charge in [0.2, 0.25) is 0 Å². The van der Waals surface area contributed by atoms with Gasteiger partial charge in [0.15, 0.2) is 5.75 Å². The summed E-state index contributed by atoms with van der Waals surface area (Å²) in [5.74, 6) is -0.165. The highest BCUT2D eigenvalue weighted by Crippen LogP contribution is 2.31. The minimum atomic E-state index is -4.67. The van der Waals surface area contributed by atoms with E-state index in [4.69, 9.17) is 0 Å². The lowest BCUT2D eigenvalue weighted by Gasteiger charge is -2.21. The summed E-state index contributed by atoms with van der Waals surface area (Å²) in [7, 11) is 0. The molecule has 118 valence electrons. The molecule has 0 radical (unpaired) electrons. The number of nitrogens with zero attached hydrogens (tertiary/aromatic N) is 1. The number of anilines is 1. The van der Waals surface area contributed by atoms with Gasteiger partial charge in [0, 0.05) is 12.6 Å². The molecule has 2 rings (SSSR count). The third kappa shape index (κ3) is 5.12. The molecule has 6 heteroatoms. The summed E-state index contributed by atoms with van der Waals surface area (Å²) in [6.07, 6.45) is -1.74. The van der Waals surface area contributed by atoms with Crippen LogP contribution in [0.3, 0.4) is 0 Å². The fourth-order valence-corrected chi connectivity index (χ4v) is 2.64. The highest BCUT2D eigenvalue weighted by Gasteiger charge is 2.32. The van der Waals surface area contributed by atoms with Crippen molar-refractivity contribution in [1.29, 1.82) is 0 Å². The fraction of sp³-hybridized carbons (Fsp3) is 0.600. The predicted molar refractivity (Wildman–Crippen MR) is 76.5 cm³/mol. The number of hydrogen-bond acceptors (Lipinski definition) is 3. The predicted octanol–water partition coefficient (Wildman–Crippen LogP) is 3.87. The number of halogens is 3. The molecular weight excluding hydrogens is 281 g/mol. The van der Waals surface area contributed by atoms with E-state index in [1.165, 1.54) is 12.1 Å². The number of alkyl halides is 3. The van der Waals surface area contributed by atoms with Crippen LogP contribution in [0.25, 0.3) is 0 Å². The van der Waals surface area contributed by atoms with E-state index in [1.807, 2.05) is 0 Å². The van der Waals surface area contributed by atoms with Gasteiger partial charge in [-0.1, -0.05) is 19.1 Å². The fourth-order valence-electron chi connectivity index (χ4n) is 2.64. The summed E-state index contributed by atoms with van der Waals surface area (Å²) < 4.78 is 41.3. The summed E-state index contributed by atoms with van der Waals surface area (Å²) in [5, 5.41) is 3.21. The maximum atomic E-state index is 12.4. The molecule has 1 heterocycles. The maximum absolute atomic E-state index is 12.4. The second-order valence-corrected chi connectivity index (χ2v) is 5.25. The first kappa shape index (κ1) is 15.9.